The predicted octanol–water partition coefficient (Wildman–Crippen LogP) is 2.96. The third-order valence-electron chi connectivity index (χ3n) is 2.57. The van der Waals surface area contributed by atoms with E-state index in [9.17, 15) is 4.39 Å². The van der Waals surface area contributed by atoms with Crippen LogP contribution in [0.1, 0.15) is 5.69 Å². The van der Waals surface area contributed by atoms with Gasteiger partial charge in [0.1, 0.15) is 5.82 Å². The molecule has 4 heteroatoms. The molecule has 1 heterocycles. The van der Waals surface area contributed by atoms with Crippen LogP contribution in [-0.2, 0) is 6.42 Å². The van der Waals surface area contributed by atoms with Crippen LogP contribution in [0.2, 0.25) is 0 Å². The van der Waals surface area contributed by atoms with Crippen molar-refractivity contribution in [2.75, 3.05) is 7.11 Å². The Morgan fingerprint density at radius 3 is 2.67 bits per heavy atom. The SMILES string of the molecule is COc1ccc(-c2ccccc2F)c(CC#N)n1. The molecule has 0 unspecified atom stereocenters. The predicted molar refractivity (Wildman–Crippen MR) is 65.5 cm³/mol. The van der Waals surface area contributed by atoms with Crippen LogP contribution in [0.25, 0.3) is 11.1 Å². The number of ether oxygens (including phenoxy) is 1. The van der Waals surface area contributed by atoms with Crippen molar-refractivity contribution in [1.29, 1.82) is 5.26 Å². The zero-order valence-corrected chi connectivity index (χ0v) is 9.85. The Morgan fingerprint density at radius 2 is 2.00 bits per heavy atom. The van der Waals surface area contributed by atoms with Crippen molar-refractivity contribution >= 4 is 0 Å². The first kappa shape index (κ1) is 12.1. The molecule has 0 spiro atoms. The number of aromatic nitrogens is 1. The number of methoxy groups -OCH3 is 1. The molecule has 2 aromatic rings. The Morgan fingerprint density at radius 1 is 1.22 bits per heavy atom. The lowest BCUT2D eigenvalue weighted by atomic mass is 10.0. The third-order valence-corrected chi connectivity index (χ3v) is 2.57. The van der Waals surface area contributed by atoms with E-state index < -0.39 is 0 Å². The van der Waals surface area contributed by atoms with Crippen LogP contribution < -0.4 is 4.74 Å². The second-order valence-electron chi connectivity index (χ2n) is 3.66. The molecule has 0 radical (unpaired) electrons. The van der Waals surface area contributed by atoms with Gasteiger partial charge in [0.05, 0.1) is 25.3 Å². The van der Waals surface area contributed by atoms with Gasteiger partial charge in [-0.25, -0.2) is 9.37 Å². The molecule has 3 nitrogen and oxygen atoms in total. The first-order valence-corrected chi connectivity index (χ1v) is 5.42. The summed E-state index contributed by atoms with van der Waals surface area (Å²) in [5, 5.41) is 8.80. The Kier molecular flexibility index (Phi) is 3.54. The van der Waals surface area contributed by atoms with Crippen LogP contribution in [0.5, 0.6) is 5.88 Å². The van der Waals surface area contributed by atoms with E-state index >= 15 is 0 Å². The number of hydrogen-bond donors (Lipinski definition) is 0. The lowest BCUT2D eigenvalue weighted by Crippen LogP contribution is -1.97. The summed E-state index contributed by atoms with van der Waals surface area (Å²) in [6, 6.07) is 11.8. The fourth-order valence-electron chi connectivity index (χ4n) is 1.73. The van der Waals surface area contributed by atoms with Crippen molar-refractivity contribution in [2.45, 2.75) is 6.42 Å². The number of rotatable bonds is 3. The lowest BCUT2D eigenvalue weighted by Gasteiger charge is -2.09. The van der Waals surface area contributed by atoms with Crippen molar-refractivity contribution in [3.05, 3.63) is 47.9 Å². The summed E-state index contributed by atoms with van der Waals surface area (Å²) in [5.74, 6) is 0.0870. The van der Waals surface area contributed by atoms with E-state index in [4.69, 9.17) is 10.00 Å². The number of halogens is 1. The standard InChI is InChI=1S/C14H11FN2O/c1-18-14-7-6-11(13(17-14)8-9-16)10-4-2-3-5-12(10)15/h2-7H,8H2,1H3. The first-order chi connectivity index (χ1) is 8.76. The van der Waals surface area contributed by atoms with Crippen LogP contribution in [-0.4, -0.2) is 12.1 Å². The number of nitrogens with zero attached hydrogens (tertiary/aromatic N) is 2. The van der Waals surface area contributed by atoms with Crippen LogP contribution in [0.3, 0.4) is 0 Å². The lowest BCUT2D eigenvalue weighted by molar-refractivity contribution is 0.397. The molecule has 90 valence electrons. The molecule has 1 aromatic carbocycles. The van der Waals surface area contributed by atoms with Gasteiger partial charge in [-0.1, -0.05) is 18.2 Å². The van der Waals surface area contributed by atoms with Crippen LogP contribution >= 0.6 is 0 Å². The van der Waals surface area contributed by atoms with E-state index in [1.807, 2.05) is 6.07 Å². The summed E-state index contributed by atoms with van der Waals surface area (Å²) >= 11 is 0. The average Bonchev–Trinajstić information content (AvgIpc) is 2.40. The summed E-state index contributed by atoms with van der Waals surface area (Å²) in [4.78, 5) is 4.19. The minimum atomic E-state index is -0.330. The minimum absolute atomic E-state index is 0.112. The third kappa shape index (κ3) is 2.30. The highest BCUT2D eigenvalue weighted by molar-refractivity contribution is 5.67. The maximum atomic E-state index is 13.7. The number of pyridine rings is 1. The monoisotopic (exact) mass is 242 g/mol. The van der Waals surface area contributed by atoms with Gasteiger partial charge in [0.2, 0.25) is 5.88 Å². The molecule has 0 fully saturated rings. The maximum absolute atomic E-state index is 13.7. The van der Waals surface area contributed by atoms with Gasteiger partial charge in [-0.3, -0.25) is 0 Å². The van der Waals surface area contributed by atoms with Crippen molar-refractivity contribution in [3.8, 4) is 23.1 Å². The topological polar surface area (TPSA) is 45.9 Å². The smallest absolute Gasteiger partial charge is 0.213 e. The molecule has 0 bridgehead atoms. The van der Waals surface area contributed by atoms with Gasteiger partial charge in [0.15, 0.2) is 0 Å². The second kappa shape index (κ2) is 5.28. The molecule has 0 aliphatic rings. The van der Waals surface area contributed by atoms with Crippen molar-refractivity contribution in [2.24, 2.45) is 0 Å². The molecule has 18 heavy (non-hydrogen) atoms. The molecular formula is C14H11FN2O. The zero-order valence-electron chi connectivity index (χ0n) is 9.85. The van der Waals surface area contributed by atoms with Gasteiger partial charge in [0, 0.05) is 17.2 Å². The quantitative estimate of drug-likeness (QED) is 0.831. The van der Waals surface area contributed by atoms with E-state index in [1.54, 1.807) is 30.3 Å². The van der Waals surface area contributed by atoms with Gasteiger partial charge in [-0.15, -0.1) is 0 Å². The van der Waals surface area contributed by atoms with Crippen LogP contribution in [0, 0.1) is 17.1 Å². The van der Waals surface area contributed by atoms with Gasteiger partial charge < -0.3 is 4.74 Å². The van der Waals surface area contributed by atoms with E-state index in [1.165, 1.54) is 13.2 Å². The van der Waals surface area contributed by atoms with Gasteiger partial charge >= 0.3 is 0 Å². The van der Waals surface area contributed by atoms with Gasteiger partial charge in [-0.05, 0) is 12.1 Å². The molecule has 0 aliphatic carbocycles. The highest BCUT2D eigenvalue weighted by atomic mass is 19.1. The van der Waals surface area contributed by atoms with Gasteiger partial charge in [-0.2, -0.15) is 5.26 Å². The highest BCUT2D eigenvalue weighted by Crippen LogP contribution is 2.27. The molecular weight excluding hydrogens is 231 g/mol. The Balaban J connectivity index is 2.57. The molecule has 0 saturated carbocycles. The van der Waals surface area contributed by atoms with Crippen molar-refractivity contribution < 1.29 is 9.13 Å². The van der Waals surface area contributed by atoms with Crippen molar-refractivity contribution in [1.82, 2.24) is 4.98 Å². The average molecular weight is 242 g/mol. The van der Waals surface area contributed by atoms with Crippen LogP contribution in [0.15, 0.2) is 36.4 Å². The summed E-state index contributed by atoms with van der Waals surface area (Å²) in [5.41, 5.74) is 1.58. The molecule has 0 saturated heterocycles. The number of nitriles is 1. The Bertz CT molecular complexity index is 605. The van der Waals surface area contributed by atoms with E-state index in [0.717, 1.165) is 0 Å². The van der Waals surface area contributed by atoms with Crippen molar-refractivity contribution in [3.63, 3.8) is 0 Å². The summed E-state index contributed by atoms with van der Waals surface area (Å²) in [7, 11) is 1.50. The fraction of sp³-hybridized carbons (Fsp3) is 0.143. The van der Waals surface area contributed by atoms with E-state index in [0.29, 0.717) is 22.7 Å². The Hall–Kier alpha value is -2.41. The first-order valence-electron chi connectivity index (χ1n) is 5.42. The maximum Gasteiger partial charge on any atom is 0.213 e. The number of benzene rings is 1. The second-order valence-corrected chi connectivity index (χ2v) is 3.66. The van der Waals surface area contributed by atoms with E-state index in [-0.39, 0.29) is 12.2 Å². The largest absolute Gasteiger partial charge is 0.481 e. The van der Waals surface area contributed by atoms with Gasteiger partial charge in [0.25, 0.3) is 0 Å². The zero-order chi connectivity index (χ0) is 13.0. The minimum Gasteiger partial charge on any atom is -0.481 e. The molecule has 2 rings (SSSR count). The molecule has 0 aliphatic heterocycles. The summed E-state index contributed by atoms with van der Waals surface area (Å²) in [6.07, 6.45) is 0.112. The molecule has 0 atom stereocenters. The Labute approximate surface area is 104 Å². The molecule has 0 amide bonds. The number of hydrogen-bond acceptors (Lipinski definition) is 3. The normalized spacial score (nSPS) is 9.83. The fourth-order valence-corrected chi connectivity index (χ4v) is 1.73. The molecule has 1 aromatic heterocycles. The van der Waals surface area contributed by atoms with E-state index in [2.05, 4.69) is 4.98 Å². The highest BCUT2D eigenvalue weighted by Gasteiger charge is 2.11. The van der Waals surface area contributed by atoms with Crippen LogP contribution in [0.4, 0.5) is 4.39 Å². The molecule has 0 N–H and O–H groups in total. The summed E-state index contributed by atoms with van der Waals surface area (Å²) in [6.45, 7) is 0. The summed E-state index contributed by atoms with van der Waals surface area (Å²) < 4.78 is 18.7.